The number of thioether (sulfide) groups is 1. The van der Waals surface area contributed by atoms with Gasteiger partial charge in [0.05, 0.1) is 15.6 Å². The van der Waals surface area contributed by atoms with Crippen LogP contribution in [0.1, 0.15) is 22.2 Å². The van der Waals surface area contributed by atoms with Gasteiger partial charge in [0, 0.05) is 44.0 Å². The molecule has 128 valence electrons. The van der Waals surface area contributed by atoms with E-state index in [0.29, 0.717) is 28.7 Å². The lowest BCUT2D eigenvalue weighted by Gasteiger charge is -2.36. The van der Waals surface area contributed by atoms with Crippen LogP contribution in [-0.2, 0) is 7.05 Å². The summed E-state index contributed by atoms with van der Waals surface area (Å²) in [5.74, 6) is 0.757. The monoisotopic (exact) mass is 384 g/mol. The topological polar surface area (TPSA) is 50.2 Å². The number of aromatic nitrogens is 2. The van der Waals surface area contributed by atoms with Gasteiger partial charge in [-0.05, 0) is 18.4 Å². The molecule has 1 amide bonds. The average molecular weight is 385 g/mol. The number of amides is 1. The van der Waals surface area contributed by atoms with E-state index in [-0.39, 0.29) is 11.9 Å². The lowest BCUT2D eigenvalue weighted by atomic mass is 10.1. The highest BCUT2D eigenvalue weighted by Gasteiger charge is 2.32. The van der Waals surface area contributed by atoms with Crippen LogP contribution in [0.2, 0.25) is 10.0 Å². The molecule has 0 bridgehead atoms. The van der Waals surface area contributed by atoms with Gasteiger partial charge in [-0.3, -0.25) is 4.79 Å². The molecule has 1 aliphatic rings. The molecule has 1 aromatic heterocycles. The third-order valence-corrected chi connectivity index (χ3v) is 5.65. The Morgan fingerprint density at radius 1 is 1.38 bits per heavy atom. The van der Waals surface area contributed by atoms with Crippen molar-refractivity contribution in [1.29, 1.82) is 0 Å². The first-order valence-corrected chi connectivity index (χ1v) is 9.53. The highest BCUT2D eigenvalue weighted by atomic mass is 35.5. The van der Waals surface area contributed by atoms with Gasteiger partial charge >= 0.3 is 0 Å². The van der Waals surface area contributed by atoms with Crippen molar-refractivity contribution in [2.75, 3.05) is 25.9 Å². The molecule has 1 unspecified atom stereocenters. The molecule has 2 heterocycles. The molecule has 1 saturated heterocycles. The first kappa shape index (κ1) is 17.6. The fraction of sp³-hybridized carbons (Fsp3) is 0.375. The van der Waals surface area contributed by atoms with E-state index in [2.05, 4.69) is 10.3 Å². The molecule has 3 rings (SSSR count). The number of nitrogens with one attached hydrogen (secondary N) is 1. The van der Waals surface area contributed by atoms with Crippen molar-refractivity contribution in [3.8, 4) is 0 Å². The Morgan fingerprint density at radius 2 is 2.17 bits per heavy atom. The number of nitrogens with zero attached hydrogens (tertiary/aromatic N) is 3. The Kier molecular flexibility index (Phi) is 5.39. The quantitative estimate of drug-likeness (QED) is 0.825. The van der Waals surface area contributed by atoms with Gasteiger partial charge in [0.2, 0.25) is 0 Å². The maximum Gasteiger partial charge on any atom is 0.256 e. The van der Waals surface area contributed by atoms with Crippen molar-refractivity contribution in [2.45, 2.75) is 10.9 Å². The lowest BCUT2D eigenvalue weighted by molar-refractivity contribution is 0.0621. The summed E-state index contributed by atoms with van der Waals surface area (Å²) >= 11 is 14.0. The van der Waals surface area contributed by atoms with Crippen LogP contribution in [0.4, 0.5) is 0 Å². The number of benzene rings is 1. The van der Waals surface area contributed by atoms with Crippen molar-refractivity contribution in [1.82, 2.24) is 19.8 Å². The summed E-state index contributed by atoms with van der Waals surface area (Å²) in [4.78, 5) is 20.2. The average Bonchev–Trinajstić information content (AvgIpc) is 3.00. The molecular formula is C16H18Cl2N4OS. The summed E-state index contributed by atoms with van der Waals surface area (Å²) in [6, 6.07) is 3.28. The summed E-state index contributed by atoms with van der Waals surface area (Å²) in [6.45, 7) is 2.01. The van der Waals surface area contributed by atoms with Gasteiger partial charge < -0.3 is 14.8 Å². The van der Waals surface area contributed by atoms with E-state index >= 15 is 0 Å². The molecule has 0 saturated carbocycles. The Hall–Kier alpha value is -1.21. The molecule has 2 aromatic rings. The molecule has 5 nitrogen and oxygen atoms in total. The Labute approximate surface area is 155 Å². The van der Waals surface area contributed by atoms with Gasteiger partial charge in [-0.1, -0.05) is 23.2 Å². The second-order valence-electron chi connectivity index (χ2n) is 5.58. The van der Waals surface area contributed by atoms with E-state index in [9.17, 15) is 4.79 Å². The maximum absolute atomic E-state index is 13.1. The number of carbonyl (C=O) groups excluding carboxylic acids is 1. The fourth-order valence-electron chi connectivity index (χ4n) is 2.88. The largest absolute Gasteiger partial charge is 0.336 e. The summed E-state index contributed by atoms with van der Waals surface area (Å²) < 4.78 is 1.94. The lowest BCUT2D eigenvalue weighted by Crippen LogP contribution is -2.49. The minimum absolute atomic E-state index is 0.0959. The number of aryl methyl sites for hydroxylation is 1. The normalized spacial score (nSPS) is 18.0. The van der Waals surface area contributed by atoms with Crippen molar-refractivity contribution in [3.63, 3.8) is 0 Å². The smallest absolute Gasteiger partial charge is 0.256 e. The van der Waals surface area contributed by atoms with E-state index in [0.717, 1.165) is 17.3 Å². The van der Waals surface area contributed by atoms with E-state index < -0.39 is 0 Å². The summed E-state index contributed by atoms with van der Waals surface area (Å²) in [5.41, 5.74) is 0.478. The number of carbonyl (C=O) groups is 1. The van der Waals surface area contributed by atoms with E-state index in [4.69, 9.17) is 23.2 Å². The minimum Gasteiger partial charge on any atom is -0.336 e. The van der Waals surface area contributed by atoms with Gasteiger partial charge in [0.15, 0.2) is 0 Å². The summed E-state index contributed by atoms with van der Waals surface area (Å²) in [5, 5.41) is 4.26. The molecule has 1 aliphatic heterocycles. The molecule has 1 atom stereocenters. The second-order valence-corrected chi connectivity index (χ2v) is 7.24. The third-order valence-electron chi connectivity index (χ3n) is 4.13. The van der Waals surface area contributed by atoms with Crippen LogP contribution in [0.5, 0.6) is 0 Å². The first-order chi connectivity index (χ1) is 11.5. The predicted molar refractivity (Wildman–Crippen MR) is 98.1 cm³/mol. The van der Waals surface area contributed by atoms with Gasteiger partial charge in [-0.25, -0.2) is 4.98 Å². The number of hydrogen-bond donors (Lipinski definition) is 1. The summed E-state index contributed by atoms with van der Waals surface area (Å²) in [6.07, 6.45) is 5.55. The highest BCUT2D eigenvalue weighted by Crippen LogP contribution is 2.33. The maximum atomic E-state index is 13.1. The molecule has 8 heteroatoms. The summed E-state index contributed by atoms with van der Waals surface area (Å²) in [7, 11) is 1.93. The zero-order valence-corrected chi connectivity index (χ0v) is 15.8. The second kappa shape index (κ2) is 7.35. The molecule has 24 heavy (non-hydrogen) atoms. The molecule has 0 spiro atoms. The van der Waals surface area contributed by atoms with Gasteiger partial charge in [-0.2, -0.15) is 0 Å². The third kappa shape index (κ3) is 3.28. The van der Waals surface area contributed by atoms with Gasteiger partial charge in [0.1, 0.15) is 11.9 Å². The zero-order chi connectivity index (χ0) is 17.3. The molecule has 1 N–H and O–H groups in total. The SMILES string of the molecule is CSc1cc(C(=O)N2CCNCC2c2nccn2C)c(Cl)cc1Cl. The Morgan fingerprint density at radius 3 is 2.83 bits per heavy atom. The Bertz CT molecular complexity index is 765. The van der Waals surface area contributed by atoms with Crippen LogP contribution in [0, 0.1) is 0 Å². The zero-order valence-electron chi connectivity index (χ0n) is 13.4. The molecule has 1 aromatic carbocycles. The fourth-order valence-corrected chi connectivity index (χ4v) is 4.07. The molecule has 0 radical (unpaired) electrons. The number of rotatable bonds is 3. The van der Waals surface area contributed by atoms with E-state index in [1.807, 2.05) is 29.0 Å². The number of imidazole rings is 1. The molecule has 0 aliphatic carbocycles. The van der Waals surface area contributed by atoms with Crippen LogP contribution in [0.3, 0.4) is 0 Å². The number of hydrogen-bond acceptors (Lipinski definition) is 4. The van der Waals surface area contributed by atoms with Crippen LogP contribution in [-0.4, -0.2) is 46.2 Å². The van der Waals surface area contributed by atoms with Crippen LogP contribution >= 0.6 is 35.0 Å². The van der Waals surface area contributed by atoms with Crippen molar-refractivity contribution in [3.05, 3.63) is 46.0 Å². The molecular weight excluding hydrogens is 367 g/mol. The van der Waals surface area contributed by atoms with Crippen molar-refractivity contribution >= 4 is 40.9 Å². The number of piperazine rings is 1. The van der Waals surface area contributed by atoms with Crippen LogP contribution in [0.15, 0.2) is 29.4 Å². The van der Waals surface area contributed by atoms with Crippen LogP contribution in [0.25, 0.3) is 0 Å². The molecule has 1 fully saturated rings. The predicted octanol–water partition coefficient (Wildman–Crippen LogP) is 3.24. The Balaban J connectivity index is 1.97. The first-order valence-electron chi connectivity index (χ1n) is 7.55. The van der Waals surface area contributed by atoms with Gasteiger partial charge in [0.25, 0.3) is 5.91 Å². The van der Waals surface area contributed by atoms with Gasteiger partial charge in [-0.15, -0.1) is 11.8 Å². The van der Waals surface area contributed by atoms with Crippen molar-refractivity contribution in [2.24, 2.45) is 7.05 Å². The standard InChI is InChI=1S/C16H18Cl2N4OS/c1-21-5-4-20-15(21)13-9-19-3-6-22(13)16(23)10-7-14(24-2)12(18)8-11(10)17/h4-5,7-8,13,19H,3,6,9H2,1-2H3. The number of halogens is 2. The van der Waals surface area contributed by atoms with Crippen LogP contribution < -0.4 is 5.32 Å². The van der Waals surface area contributed by atoms with Crippen molar-refractivity contribution < 1.29 is 4.79 Å². The highest BCUT2D eigenvalue weighted by molar-refractivity contribution is 7.98. The minimum atomic E-state index is -0.129. The van der Waals surface area contributed by atoms with E-state index in [1.54, 1.807) is 18.3 Å². The van der Waals surface area contributed by atoms with E-state index in [1.165, 1.54) is 11.8 Å².